The molecular formula is C24H36N4O7. The average Bonchev–Trinajstić information content (AvgIpc) is 3.40. The Kier molecular flexibility index (Phi) is 7.35. The zero-order chi connectivity index (χ0) is 25.4. The smallest absolute Gasteiger partial charge is 0.329 e. The molecule has 0 radical (unpaired) electrons. The van der Waals surface area contributed by atoms with Gasteiger partial charge in [0.05, 0.1) is 12.5 Å². The lowest BCUT2D eigenvalue weighted by Crippen LogP contribution is -2.59. The van der Waals surface area contributed by atoms with Crippen LogP contribution in [0.15, 0.2) is 0 Å². The van der Waals surface area contributed by atoms with Crippen molar-refractivity contribution in [3.8, 4) is 0 Å². The van der Waals surface area contributed by atoms with Gasteiger partial charge in [-0.15, -0.1) is 0 Å². The highest BCUT2D eigenvalue weighted by Crippen LogP contribution is 2.28. The van der Waals surface area contributed by atoms with E-state index in [9.17, 15) is 29.1 Å². The molecule has 7 atom stereocenters. The molecular weight excluding hydrogens is 456 g/mol. The zero-order valence-corrected chi connectivity index (χ0v) is 20.6. The van der Waals surface area contributed by atoms with Gasteiger partial charge in [-0.2, -0.15) is 0 Å². The summed E-state index contributed by atoms with van der Waals surface area (Å²) in [5.74, 6) is -2.08. The van der Waals surface area contributed by atoms with Gasteiger partial charge in [-0.1, -0.05) is 6.92 Å². The van der Waals surface area contributed by atoms with E-state index in [0.29, 0.717) is 25.9 Å². The van der Waals surface area contributed by atoms with E-state index in [2.05, 4.69) is 5.32 Å². The molecule has 0 unspecified atom stereocenters. The molecule has 4 heterocycles. The van der Waals surface area contributed by atoms with E-state index in [1.54, 1.807) is 13.8 Å². The Labute approximate surface area is 205 Å². The molecule has 0 aromatic rings. The van der Waals surface area contributed by atoms with Crippen molar-refractivity contribution < 1.29 is 33.8 Å². The number of rotatable bonds is 0. The maximum atomic E-state index is 13.5. The lowest BCUT2D eigenvalue weighted by Gasteiger charge is -2.38. The predicted octanol–water partition coefficient (Wildman–Crippen LogP) is -0.594. The van der Waals surface area contributed by atoms with Gasteiger partial charge in [-0.05, 0) is 45.4 Å². The van der Waals surface area contributed by atoms with Crippen LogP contribution in [0.2, 0.25) is 0 Å². The molecule has 0 bridgehead atoms. The summed E-state index contributed by atoms with van der Waals surface area (Å²) in [6.45, 7) is 5.88. The highest BCUT2D eigenvalue weighted by atomic mass is 16.5. The standard InChI is InChI=1S/C24H36N4O7/c1-13-8-19-24(34)35-14(2)9-20(30)27-12-16(29)10-18(27)23(33)26-7-5-4-6-17(26)21(31)25-15(3)22(32)28(19)11-13/h13-19,29H,4-12H2,1-3H3,(H,25,31)/t13-,14+,15+,16+,17+,18+,19+/m1/s1. The van der Waals surface area contributed by atoms with Crippen molar-refractivity contribution in [1.82, 2.24) is 20.0 Å². The van der Waals surface area contributed by atoms with Crippen LogP contribution < -0.4 is 5.32 Å². The second-order valence-corrected chi connectivity index (χ2v) is 10.5. The van der Waals surface area contributed by atoms with Gasteiger partial charge in [-0.25, -0.2) is 4.79 Å². The summed E-state index contributed by atoms with van der Waals surface area (Å²) in [5, 5.41) is 13.0. The summed E-state index contributed by atoms with van der Waals surface area (Å²) < 4.78 is 5.55. The van der Waals surface area contributed by atoms with E-state index in [1.807, 2.05) is 6.92 Å². The van der Waals surface area contributed by atoms with Crippen LogP contribution in [0.3, 0.4) is 0 Å². The number of aliphatic hydroxyl groups excluding tert-OH is 1. The minimum atomic E-state index is -0.882. The fraction of sp³-hybridized carbons (Fsp3) is 0.792. The third-order valence-electron chi connectivity index (χ3n) is 7.55. The molecule has 4 rings (SSSR count). The van der Waals surface area contributed by atoms with E-state index in [-0.39, 0.29) is 37.1 Å². The topological polar surface area (TPSA) is 137 Å². The first-order valence-electron chi connectivity index (χ1n) is 12.7. The number of aliphatic hydroxyl groups is 1. The summed E-state index contributed by atoms with van der Waals surface area (Å²) in [5.41, 5.74) is 0. The number of carbonyl (C=O) groups is 5. The lowest BCUT2D eigenvalue weighted by molar-refractivity contribution is -0.160. The number of carbonyl (C=O) groups excluding carboxylic acids is 5. The van der Waals surface area contributed by atoms with Gasteiger partial charge in [0.25, 0.3) is 0 Å². The number of hydrogen-bond donors (Lipinski definition) is 2. The summed E-state index contributed by atoms with van der Waals surface area (Å²) in [6.07, 6.45) is 0.723. The fourth-order valence-corrected chi connectivity index (χ4v) is 5.80. The van der Waals surface area contributed by atoms with Crippen molar-refractivity contribution in [2.24, 2.45) is 5.92 Å². The molecule has 4 saturated heterocycles. The molecule has 2 N–H and O–H groups in total. The van der Waals surface area contributed by atoms with E-state index in [1.165, 1.54) is 14.7 Å². The number of nitrogens with one attached hydrogen (secondary N) is 1. The zero-order valence-electron chi connectivity index (χ0n) is 20.6. The molecule has 0 aromatic heterocycles. The minimum absolute atomic E-state index is 0.0140. The summed E-state index contributed by atoms with van der Waals surface area (Å²) >= 11 is 0. The third kappa shape index (κ3) is 5.14. The van der Waals surface area contributed by atoms with Crippen LogP contribution in [-0.4, -0.2) is 105 Å². The lowest BCUT2D eigenvalue weighted by atomic mass is 9.99. The molecule has 11 nitrogen and oxygen atoms in total. The molecule has 0 aromatic carbocycles. The van der Waals surface area contributed by atoms with Crippen molar-refractivity contribution in [2.45, 2.75) is 95.7 Å². The van der Waals surface area contributed by atoms with Gasteiger partial charge in [0, 0.05) is 26.1 Å². The average molecular weight is 493 g/mol. The van der Waals surface area contributed by atoms with Gasteiger partial charge >= 0.3 is 5.97 Å². The van der Waals surface area contributed by atoms with Crippen LogP contribution in [0.5, 0.6) is 0 Å². The molecule has 0 spiro atoms. The van der Waals surface area contributed by atoms with Crippen LogP contribution in [0.4, 0.5) is 0 Å². The van der Waals surface area contributed by atoms with Crippen LogP contribution >= 0.6 is 0 Å². The molecule has 4 aliphatic rings. The first-order valence-corrected chi connectivity index (χ1v) is 12.7. The van der Waals surface area contributed by atoms with Gasteiger partial charge in [0.15, 0.2) is 0 Å². The Balaban J connectivity index is 1.65. The Bertz CT molecular complexity index is 895. The van der Waals surface area contributed by atoms with Crippen molar-refractivity contribution in [3.63, 3.8) is 0 Å². The Morgan fingerprint density at radius 2 is 1.60 bits per heavy atom. The van der Waals surface area contributed by atoms with Crippen molar-refractivity contribution in [2.75, 3.05) is 19.6 Å². The second kappa shape index (κ2) is 10.1. The normalized spacial score (nSPS) is 37.5. The van der Waals surface area contributed by atoms with Gasteiger partial charge in [0.2, 0.25) is 23.6 Å². The molecule has 4 aliphatic heterocycles. The maximum absolute atomic E-state index is 13.5. The number of hydrogen-bond acceptors (Lipinski definition) is 7. The van der Waals surface area contributed by atoms with Crippen molar-refractivity contribution in [3.05, 3.63) is 0 Å². The Hall–Kier alpha value is -2.69. The third-order valence-corrected chi connectivity index (χ3v) is 7.55. The number of fused-ring (bicyclic) bond motifs is 3. The Morgan fingerprint density at radius 3 is 2.34 bits per heavy atom. The largest absolute Gasteiger partial charge is 0.461 e. The van der Waals surface area contributed by atoms with Gasteiger partial charge in [-0.3, -0.25) is 19.2 Å². The van der Waals surface area contributed by atoms with Crippen LogP contribution in [0.25, 0.3) is 0 Å². The molecule has 35 heavy (non-hydrogen) atoms. The molecule has 4 fully saturated rings. The van der Waals surface area contributed by atoms with Gasteiger partial charge in [0.1, 0.15) is 30.3 Å². The second-order valence-electron chi connectivity index (χ2n) is 10.5. The summed E-state index contributed by atoms with van der Waals surface area (Å²) in [4.78, 5) is 70.4. The number of piperidine rings is 1. The number of nitrogens with zero attached hydrogens (tertiary/aromatic N) is 3. The van der Waals surface area contributed by atoms with Crippen LogP contribution in [-0.2, 0) is 28.7 Å². The molecule has 194 valence electrons. The highest BCUT2D eigenvalue weighted by Gasteiger charge is 2.46. The van der Waals surface area contributed by atoms with Gasteiger partial charge < -0.3 is 29.9 Å². The number of cyclic esters (lactones) is 1. The molecule has 0 aliphatic carbocycles. The van der Waals surface area contributed by atoms with Crippen molar-refractivity contribution >= 4 is 29.6 Å². The van der Waals surface area contributed by atoms with Crippen molar-refractivity contribution in [1.29, 1.82) is 0 Å². The van der Waals surface area contributed by atoms with E-state index < -0.39 is 54.2 Å². The first-order chi connectivity index (χ1) is 16.6. The molecule has 11 heteroatoms. The SMILES string of the molecule is C[C@@H]1C[C@H]2C(=O)O[C@@H](C)CC(=O)N3C[C@@H](O)C[C@H]3C(=O)N3CCCC[C@H]3C(=O)N[C@@H](C)C(=O)N2C1. The van der Waals surface area contributed by atoms with E-state index in [0.717, 1.165) is 12.8 Å². The highest BCUT2D eigenvalue weighted by molar-refractivity contribution is 5.95. The van der Waals surface area contributed by atoms with E-state index in [4.69, 9.17) is 4.74 Å². The van der Waals surface area contributed by atoms with E-state index >= 15 is 0 Å². The fourth-order valence-electron chi connectivity index (χ4n) is 5.80. The summed E-state index contributed by atoms with van der Waals surface area (Å²) in [6, 6.07) is -3.30. The first kappa shape index (κ1) is 25.4. The van der Waals surface area contributed by atoms with Crippen LogP contribution in [0, 0.1) is 5.92 Å². The number of amides is 4. The predicted molar refractivity (Wildman–Crippen MR) is 123 cm³/mol. The quantitative estimate of drug-likeness (QED) is 0.431. The number of esters is 1. The summed E-state index contributed by atoms with van der Waals surface area (Å²) in [7, 11) is 0. The van der Waals surface area contributed by atoms with Crippen LogP contribution in [0.1, 0.15) is 59.3 Å². The monoisotopic (exact) mass is 492 g/mol. The minimum Gasteiger partial charge on any atom is -0.461 e. The Morgan fingerprint density at radius 1 is 0.857 bits per heavy atom. The number of ether oxygens (including phenoxy) is 1. The molecule has 4 amide bonds. The maximum Gasteiger partial charge on any atom is 0.329 e. The molecule has 0 saturated carbocycles.